The van der Waals surface area contributed by atoms with Crippen LogP contribution in [0.25, 0.3) is 0 Å². The molecule has 3 rings (SSSR count). The minimum absolute atomic E-state index is 0.119. The molecule has 0 spiro atoms. The molecule has 0 radical (unpaired) electrons. The van der Waals surface area contributed by atoms with Gasteiger partial charge in [0.05, 0.1) is 17.3 Å². The van der Waals surface area contributed by atoms with Crippen LogP contribution in [0, 0.1) is 0 Å². The van der Waals surface area contributed by atoms with Gasteiger partial charge in [-0.2, -0.15) is 0 Å². The summed E-state index contributed by atoms with van der Waals surface area (Å²) >= 11 is 0. The van der Waals surface area contributed by atoms with Gasteiger partial charge in [0.1, 0.15) is 5.82 Å². The van der Waals surface area contributed by atoms with Crippen LogP contribution in [0.5, 0.6) is 0 Å². The van der Waals surface area contributed by atoms with Crippen molar-refractivity contribution in [1.29, 1.82) is 0 Å². The SMILES string of the molecule is CNc1cncc(C(=O)N2CC=CC(NC(=O)c3ccnc(N(C)C)c3)C2)c1. The minimum Gasteiger partial charge on any atom is -0.387 e. The van der Waals surface area contributed by atoms with E-state index in [0.717, 1.165) is 5.69 Å². The molecule has 2 amide bonds. The average molecular weight is 380 g/mol. The van der Waals surface area contributed by atoms with E-state index in [0.29, 0.717) is 30.0 Å². The Labute approximate surface area is 164 Å². The Morgan fingerprint density at radius 1 is 1.21 bits per heavy atom. The number of anilines is 2. The van der Waals surface area contributed by atoms with Crippen molar-refractivity contribution in [2.24, 2.45) is 0 Å². The third-order valence-corrected chi connectivity index (χ3v) is 4.45. The van der Waals surface area contributed by atoms with Crippen LogP contribution in [0.15, 0.2) is 48.9 Å². The van der Waals surface area contributed by atoms with E-state index in [9.17, 15) is 9.59 Å². The van der Waals surface area contributed by atoms with Crippen molar-refractivity contribution in [2.75, 3.05) is 44.4 Å². The molecule has 2 aromatic rings. The van der Waals surface area contributed by atoms with Gasteiger partial charge in [-0.15, -0.1) is 0 Å². The quantitative estimate of drug-likeness (QED) is 0.762. The zero-order valence-corrected chi connectivity index (χ0v) is 16.2. The van der Waals surface area contributed by atoms with Crippen LogP contribution in [0.2, 0.25) is 0 Å². The Bertz CT molecular complexity index is 896. The average Bonchev–Trinajstić information content (AvgIpc) is 2.73. The molecule has 0 bridgehead atoms. The second-order valence-electron chi connectivity index (χ2n) is 6.73. The lowest BCUT2D eigenvalue weighted by molar-refractivity contribution is 0.0744. The van der Waals surface area contributed by atoms with Crippen molar-refractivity contribution in [3.05, 3.63) is 60.1 Å². The first-order valence-corrected chi connectivity index (χ1v) is 9.01. The third-order valence-electron chi connectivity index (χ3n) is 4.45. The van der Waals surface area contributed by atoms with Crippen molar-refractivity contribution >= 4 is 23.3 Å². The predicted octanol–water partition coefficient (Wildman–Crippen LogP) is 1.39. The number of nitrogens with one attached hydrogen (secondary N) is 2. The van der Waals surface area contributed by atoms with E-state index in [2.05, 4.69) is 20.6 Å². The monoisotopic (exact) mass is 380 g/mol. The molecule has 146 valence electrons. The topological polar surface area (TPSA) is 90.5 Å². The Morgan fingerprint density at radius 3 is 2.79 bits per heavy atom. The van der Waals surface area contributed by atoms with E-state index >= 15 is 0 Å². The maximum absolute atomic E-state index is 12.8. The maximum atomic E-state index is 12.8. The standard InChI is InChI=1S/C20H24N6O2/c1-21-17-9-15(11-22-12-17)20(28)26-8-4-5-16(13-26)24-19(27)14-6-7-23-18(10-14)25(2)3/h4-7,9-12,16,21H,8,13H2,1-3H3,(H,24,27). The molecule has 3 heterocycles. The first-order chi connectivity index (χ1) is 13.5. The highest BCUT2D eigenvalue weighted by Crippen LogP contribution is 2.14. The number of hydrogen-bond donors (Lipinski definition) is 2. The van der Waals surface area contributed by atoms with Crippen molar-refractivity contribution in [3.63, 3.8) is 0 Å². The molecular weight excluding hydrogens is 356 g/mol. The number of hydrogen-bond acceptors (Lipinski definition) is 6. The number of nitrogens with zero attached hydrogens (tertiary/aromatic N) is 4. The smallest absolute Gasteiger partial charge is 0.255 e. The molecule has 0 saturated carbocycles. The van der Waals surface area contributed by atoms with Gasteiger partial charge in [-0.05, 0) is 18.2 Å². The second-order valence-corrected chi connectivity index (χ2v) is 6.73. The Kier molecular flexibility index (Phi) is 5.88. The van der Waals surface area contributed by atoms with Crippen molar-refractivity contribution in [1.82, 2.24) is 20.2 Å². The summed E-state index contributed by atoms with van der Waals surface area (Å²) in [7, 11) is 5.52. The Balaban J connectivity index is 1.67. The molecule has 1 unspecified atom stereocenters. The molecule has 2 N–H and O–H groups in total. The summed E-state index contributed by atoms with van der Waals surface area (Å²) in [5.41, 5.74) is 1.82. The zero-order valence-electron chi connectivity index (χ0n) is 16.2. The number of pyridine rings is 2. The van der Waals surface area contributed by atoms with Crippen LogP contribution in [0.4, 0.5) is 11.5 Å². The first-order valence-electron chi connectivity index (χ1n) is 9.01. The first kappa shape index (κ1) is 19.3. The molecule has 0 aliphatic carbocycles. The second kappa shape index (κ2) is 8.51. The summed E-state index contributed by atoms with van der Waals surface area (Å²) < 4.78 is 0. The van der Waals surface area contributed by atoms with Gasteiger partial charge in [-0.1, -0.05) is 12.2 Å². The lowest BCUT2D eigenvalue weighted by Gasteiger charge is -2.29. The highest BCUT2D eigenvalue weighted by atomic mass is 16.2. The van der Waals surface area contributed by atoms with Crippen molar-refractivity contribution < 1.29 is 9.59 Å². The van der Waals surface area contributed by atoms with Gasteiger partial charge in [0.15, 0.2) is 0 Å². The van der Waals surface area contributed by atoms with E-state index in [1.54, 1.807) is 48.7 Å². The number of aromatic nitrogens is 2. The van der Waals surface area contributed by atoms with Crippen LogP contribution in [0.1, 0.15) is 20.7 Å². The minimum atomic E-state index is -0.262. The van der Waals surface area contributed by atoms with Crippen molar-refractivity contribution in [3.8, 4) is 0 Å². The maximum Gasteiger partial charge on any atom is 0.255 e. The van der Waals surface area contributed by atoms with Crippen LogP contribution in [0.3, 0.4) is 0 Å². The lowest BCUT2D eigenvalue weighted by atomic mass is 10.1. The van der Waals surface area contributed by atoms with Gasteiger partial charge in [-0.3, -0.25) is 14.6 Å². The Hall–Kier alpha value is -3.42. The normalized spacial score (nSPS) is 15.8. The van der Waals surface area contributed by atoms with Crippen molar-refractivity contribution in [2.45, 2.75) is 6.04 Å². The molecule has 8 heteroatoms. The molecule has 0 aromatic carbocycles. The molecule has 0 saturated heterocycles. The number of rotatable bonds is 5. The van der Waals surface area contributed by atoms with Gasteiger partial charge in [0, 0.05) is 58.4 Å². The van der Waals surface area contributed by atoms with E-state index < -0.39 is 0 Å². The largest absolute Gasteiger partial charge is 0.387 e. The number of amides is 2. The van der Waals surface area contributed by atoms with E-state index in [1.165, 1.54) is 0 Å². The summed E-state index contributed by atoms with van der Waals surface area (Å²) in [5, 5.41) is 5.94. The van der Waals surface area contributed by atoms with Gasteiger partial charge in [-0.25, -0.2) is 4.98 Å². The van der Waals surface area contributed by atoms with Gasteiger partial charge in [0.2, 0.25) is 0 Å². The van der Waals surface area contributed by atoms with E-state index in [4.69, 9.17) is 0 Å². The molecule has 0 fully saturated rings. The summed E-state index contributed by atoms with van der Waals surface area (Å²) in [5.74, 6) is 0.390. The molecule has 1 aliphatic heterocycles. The van der Waals surface area contributed by atoms with Crippen LogP contribution in [-0.4, -0.2) is 67.0 Å². The molecule has 1 aliphatic rings. The molecule has 8 nitrogen and oxygen atoms in total. The molecular formula is C20H24N6O2. The van der Waals surface area contributed by atoms with E-state index in [-0.39, 0.29) is 17.9 Å². The molecule has 1 atom stereocenters. The fraction of sp³-hybridized carbons (Fsp3) is 0.300. The summed E-state index contributed by atoms with van der Waals surface area (Å²) in [6.45, 7) is 0.894. The third kappa shape index (κ3) is 4.46. The fourth-order valence-electron chi connectivity index (χ4n) is 2.92. The zero-order chi connectivity index (χ0) is 20.1. The fourth-order valence-corrected chi connectivity index (χ4v) is 2.92. The lowest BCUT2D eigenvalue weighted by Crippen LogP contribution is -2.47. The van der Waals surface area contributed by atoms with Crippen LogP contribution in [-0.2, 0) is 0 Å². The summed E-state index contributed by atoms with van der Waals surface area (Å²) in [6.07, 6.45) is 8.62. The van der Waals surface area contributed by atoms with Gasteiger partial charge in [0.25, 0.3) is 11.8 Å². The Morgan fingerprint density at radius 2 is 2.04 bits per heavy atom. The number of carbonyl (C=O) groups excluding carboxylic acids is 2. The van der Waals surface area contributed by atoms with Gasteiger partial charge >= 0.3 is 0 Å². The number of carbonyl (C=O) groups is 2. The van der Waals surface area contributed by atoms with Crippen LogP contribution >= 0.6 is 0 Å². The van der Waals surface area contributed by atoms with Crippen LogP contribution < -0.4 is 15.5 Å². The van der Waals surface area contributed by atoms with Gasteiger partial charge < -0.3 is 20.4 Å². The summed E-state index contributed by atoms with van der Waals surface area (Å²) in [6, 6.07) is 4.91. The van der Waals surface area contributed by atoms with E-state index in [1.807, 2.05) is 31.1 Å². The highest BCUT2D eigenvalue weighted by Gasteiger charge is 2.23. The summed E-state index contributed by atoms with van der Waals surface area (Å²) in [4.78, 5) is 37.2. The molecule has 28 heavy (non-hydrogen) atoms. The predicted molar refractivity (Wildman–Crippen MR) is 109 cm³/mol. The highest BCUT2D eigenvalue weighted by molar-refractivity contribution is 5.96. The molecule has 2 aromatic heterocycles.